The minimum absolute atomic E-state index is 0.483. The summed E-state index contributed by atoms with van der Waals surface area (Å²) in [5.74, 6) is 0. The summed E-state index contributed by atoms with van der Waals surface area (Å²) in [6, 6.07) is 22.3. The van der Waals surface area contributed by atoms with Crippen molar-refractivity contribution in [3.8, 4) is 22.4 Å². The molecular formula is C22H23N. The fraction of sp³-hybridized carbons (Fsp3) is 0.227. The van der Waals surface area contributed by atoms with Gasteiger partial charge in [0.15, 0.2) is 0 Å². The molecule has 0 saturated carbocycles. The van der Waals surface area contributed by atoms with E-state index in [-0.39, 0.29) is 0 Å². The number of benzene rings is 2. The summed E-state index contributed by atoms with van der Waals surface area (Å²) in [4.78, 5) is 4.52. The smallest absolute Gasteiger partial charge is 0.0702 e. The van der Waals surface area contributed by atoms with E-state index >= 15 is 0 Å². The molecule has 1 aromatic heterocycles. The third-order valence-corrected chi connectivity index (χ3v) is 3.55. The zero-order valence-corrected chi connectivity index (χ0v) is 13.9. The predicted molar refractivity (Wildman–Crippen MR) is 98.3 cm³/mol. The minimum Gasteiger partial charge on any atom is -0.256 e. The van der Waals surface area contributed by atoms with Crippen molar-refractivity contribution in [1.82, 2.24) is 4.98 Å². The van der Waals surface area contributed by atoms with E-state index in [1.165, 1.54) is 5.56 Å². The van der Waals surface area contributed by atoms with Crippen molar-refractivity contribution in [3.63, 3.8) is 0 Å². The van der Waals surface area contributed by atoms with E-state index in [9.17, 15) is 0 Å². The molecule has 0 atom stereocenters. The van der Waals surface area contributed by atoms with Gasteiger partial charge in [0.05, 0.1) is 5.69 Å². The van der Waals surface area contributed by atoms with Gasteiger partial charge in [-0.3, -0.25) is 4.98 Å². The molecule has 0 aliphatic carbocycles. The van der Waals surface area contributed by atoms with Gasteiger partial charge < -0.3 is 0 Å². The first-order valence-corrected chi connectivity index (χ1v) is 7.91. The number of hydrogen-bond acceptors (Lipinski definition) is 1. The summed E-state index contributed by atoms with van der Waals surface area (Å²) >= 11 is 0. The van der Waals surface area contributed by atoms with Crippen LogP contribution in [0.1, 0.15) is 29.1 Å². The summed E-state index contributed by atoms with van der Waals surface area (Å²) in [6.45, 7) is 5.72. The maximum absolute atomic E-state index is 8.37. The quantitative estimate of drug-likeness (QED) is 0.578. The average Bonchev–Trinajstić information content (AvgIpc) is 2.62. The molecule has 0 fully saturated rings. The second kappa shape index (κ2) is 6.37. The van der Waals surface area contributed by atoms with E-state index in [1.54, 1.807) is 6.20 Å². The lowest BCUT2D eigenvalue weighted by molar-refractivity contribution is 0.411. The lowest BCUT2D eigenvalue weighted by atomic mass is 9.89. The summed E-state index contributed by atoms with van der Waals surface area (Å²) in [7, 11) is 0. The molecule has 0 amide bonds. The molecule has 116 valence electrons. The van der Waals surface area contributed by atoms with Gasteiger partial charge in [-0.25, -0.2) is 0 Å². The van der Waals surface area contributed by atoms with Crippen LogP contribution < -0.4 is 0 Å². The SMILES string of the molecule is [2H]C([2H])(c1ccc(-c2cccc(-c3ccccc3)c2)nc1)C(C)(C)C. The Morgan fingerprint density at radius 3 is 2.17 bits per heavy atom. The van der Waals surface area contributed by atoms with Crippen molar-refractivity contribution in [3.05, 3.63) is 78.5 Å². The summed E-state index contributed by atoms with van der Waals surface area (Å²) in [5, 5.41) is 0. The zero-order valence-electron chi connectivity index (χ0n) is 15.9. The number of hydrogen-bond donors (Lipinski definition) is 0. The lowest BCUT2D eigenvalue weighted by Crippen LogP contribution is -2.09. The second-order valence-corrected chi connectivity index (χ2v) is 6.75. The topological polar surface area (TPSA) is 12.9 Å². The normalized spacial score (nSPS) is 13.3. The molecule has 0 aliphatic rings. The number of rotatable bonds is 3. The number of pyridine rings is 1. The van der Waals surface area contributed by atoms with Crippen LogP contribution in [0, 0.1) is 5.41 Å². The largest absolute Gasteiger partial charge is 0.256 e. The molecule has 3 aromatic rings. The zero-order chi connectivity index (χ0) is 18.1. The first-order valence-electron chi connectivity index (χ1n) is 8.91. The fourth-order valence-electron chi connectivity index (χ4n) is 2.56. The molecule has 1 heteroatoms. The van der Waals surface area contributed by atoms with Crippen LogP contribution >= 0.6 is 0 Å². The molecular weight excluding hydrogens is 278 g/mol. The van der Waals surface area contributed by atoms with Crippen LogP contribution in [0.5, 0.6) is 0 Å². The second-order valence-electron chi connectivity index (χ2n) is 6.75. The van der Waals surface area contributed by atoms with E-state index < -0.39 is 11.8 Å². The molecule has 1 nitrogen and oxygen atoms in total. The summed E-state index contributed by atoms with van der Waals surface area (Å²) in [5.41, 5.74) is 4.33. The summed E-state index contributed by atoms with van der Waals surface area (Å²) < 4.78 is 16.7. The Balaban J connectivity index is 1.94. The van der Waals surface area contributed by atoms with Gasteiger partial charge in [0.2, 0.25) is 0 Å². The van der Waals surface area contributed by atoms with Crippen LogP contribution in [0.2, 0.25) is 0 Å². The summed E-state index contributed by atoms with van der Waals surface area (Å²) in [6.07, 6.45) is 0.236. The Bertz CT molecular complexity index is 847. The van der Waals surface area contributed by atoms with Crippen molar-refractivity contribution < 1.29 is 2.74 Å². The highest BCUT2D eigenvalue weighted by molar-refractivity contribution is 5.71. The maximum Gasteiger partial charge on any atom is 0.0702 e. The van der Waals surface area contributed by atoms with Gasteiger partial charge in [0, 0.05) is 14.5 Å². The van der Waals surface area contributed by atoms with Crippen molar-refractivity contribution in [2.45, 2.75) is 27.1 Å². The first-order chi connectivity index (χ1) is 11.8. The first kappa shape index (κ1) is 13.1. The van der Waals surface area contributed by atoms with Crippen molar-refractivity contribution in [1.29, 1.82) is 0 Å². The Kier molecular flexibility index (Phi) is 3.62. The Hall–Kier alpha value is -2.41. The van der Waals surface area contributed by atoms with Crippen LogP contribution in [0.15, 0.2) is 72.9 Å². The third-order valence-electron chi connectivity index (χ3n) is 3.55. The maximum atomic E-state index is 8.37. The number of aromatic nitrogens is 1. The van der Waals surface area contributed by atoms with Crippen LogP contribution in [-0.4, -0.2) is 4.98 Å². The van der Waals surface area contributed by atoms with E-state index in [2.05, 4.69) is 29.2 Å². The Labute approximate surface area is 141 Å². The molecule has 0 unspecified atom stereocenters. The highest BCUT2D eigenvalue weighted by Crippen LogP contribution is 2.26. The Morgan fingerprint density at radius 1 is 0.826 bits per heavy atom. The molecule has 0 bridgehead atoms. The van der Waals surface area contributed by atoms with Gasteiger partial charge in [-0.15, -0.1) is 0 Å². The van der Waals surface area contributed by atoms with Crippen LogP contribution in [-0.2, 0) is 6.37 Å². The van der Waals surface area contributed by atoms with Gasteiger partial charge in [0.25, 0.3) is 0 Å². The molecule has 3 rings (SSSR count). The average molecular weight is 303 g/mol. The molecule has 0 radical (unpaired) electrons. The minimum atomic E-state index is -1.43. The van der Waals surface area contributed by atoms with Gasteiger partial charge in [0.1, 0.15) is 0 Å². The molecule has 0 spiro atoms. The van der Waals surface area contributed by atoms with Gasteiger partial charge in [-0.2, -0.15) is 0 Å². The van der Waals surface area contributed by atoms with Gasteiger partial charge in [-0.1, -0.05) is 75.4 Å². The monoisotopic (exact) mass is 303 g/mol. The van der Waals surface area contributed by atoms with Crippen LogP contribution in [0.25, 0.3) is 22.4 Å². The van der Waals surface area contributed by atoms with Crippen LogP contribution in [0.4, 0.5) is 0 Å². The molecule has 0 aliphatic heterocycles. The van der Waals surface area contributed by atoms with Crippen molar-refractivity contribution >= 4 is 0 Å². The standard InChI is InChI=1S/C22H23N/c1-22(2,3)15-17-12-13-21(23-16-17)20-11-7-10-19(14-20)18-8-5-4-6-9-18/h4-14,16H,15H2,1-3H3/i15D2. The lowest BCUT2D eigenvalue weighted by Gasteiger charge is -2.17. The van der Waals surface area contributed by atoms with E-state index in [4.69, 9.17) is 2.74 Å². The third kappa shape index (κ3) is 4.07. The molecule has 1 heterocycles. The number of nitrogens with zero attached hydrogens (tertiary/aromatic N) is 1. The predicted octanol–water partition coefficient (Wildman–Crippen LogP) is 6.00. The fourth-order valence-corrected chi connectivity index (χ4v) is 2.56. The van der Waals surface area contributed by atoms with Gasteiger partial charge in [-0.05, 0) is 40.6 Å². The van der Waals surface area contributed by atoms with E-state index in [1.807, 2.05) is 63.2 Å². The van der Waals surface area contributed by atoms with Crippen LogP contribution in [0.3, 0.4) is 0 Å². The molecule has 0 saturated heterocycles. The van der Waals surface area contributed by atoms with Crippen molar-refractivity contribution in [2.75, 3.05) is 0 Å². The highest BCUT2D eigenvalue weighted by Gasteiger charge is 2.11. The molecule has 2 aromatic carbocycles. The van der Waals surface area contributed by atoms with E-state index in [0.717, 1.165) is 16.8 Å². The Morgan fingerprint density at radius 2 is 1.52 bits per heavy atom. The van der Waals surface area contributed by atoms with Crippen molar-refractivity contribution in [2.24, 2.45) is 5.41 Å². The van der Waals surface area contributed by atoms with Gasteiger partial charge >= 0.3 is 0 Å². The molecule has 0 N–H and O–H groups in total. The molecule has 23 heavy (non-hydrogen) atoms. The van der Waals surface area contributed by atoms with E-state index in [0.29, 0.717) is 5.56 Å². The highest BCUT2D eigenvalue weighted by atomic mass is 14.7.